The van der Waals surface area contributed by atoms with Gasteiger partial charge in [0.25, 0.3) is 0 Å². The summed E-state index contributed by atoms with van der Waals surface area (Å²) in [6, 6.07) is 6.60. The first-order valence-corrected chi connectivity index (χ1v) is 8.87. The molecule has 0 amide bonds. The number of hydrogen-bond acceptors (Lipinski definition) is 1. The van der Waals surface area contributed by atoms with E-state index < -0.39 is 5.97 Å². The Morgan fingerprint density at radius 3 is 2.27 bits per heavy atom. The van der Waals surface area contributed by atoms with Crippen molar-refractivity contribution in [3.8, 4) is 0 Å². The monoisotopic (exact) mass is 366 g/mol. The second-order valence-electron chi connectivity index (χ2n) is 7.61. The summed E-state index contributed by atoms with van der Waals surface area (Å²) in [6.07, 6.45) is 5.73. The van der Waals surface area contributed by atoms with Gasteiger partial charge in [0.05, 0.1) is 6.42 Å². The molecule has 4 saturated carbocycles. The van der Waals surface area contributed by atoms with Gasteiger partial charge in [0.15, 0.2) is 0 Å². The average Bonchev–Trinajstić information content (AvgIpc) is 2.42. The number of rotatable bonds is 3. The molecule has 2 unspecified atom stereocenters. The van der Waals surface area contributed by atoms with Gasteiger partial charge < -0.3 is 5.11 Å². The average molecular weight is 367 g/mol. The van der Waals surface area contributed by atoms with Gasteiger partial charge in [0.2, 0.25) is 0 Å². The van der Waals surface area contributed by atoms with E-state index in [-0.39, 0.29) is 22.0 Å². The second kappa shape index (κ2) is 4.80. The summed E-state index contributed by atoms with van der Waals surface area (Å²) in [7, 11) is 0. The maximum Gasteiger partial charge on any atom is 0.304 e. The zero-order valence-electron chi connectivity index (χ0n) is 12.4. The number of benzene rings is 1. The standard InChI is InChI=1S/C18H20BrFO2/c19-17-7-11-5-13(8-17)18(10-16(21)22,14(6-11)9-17)12-1-3-15(20)4-2-12/h1-4,11,13-14H,5-10H2,(H,21,22)/t11?,13?,14?,17-,18+. The lowest BCUT2D eigenvalue weighted by Gasteiger charge is -2.64. The molecule has 4 fully saturated rings. The molecule has 0 saturated heterocycles. The summed E-state index contributed by atoms with van der Waals surface area (Å²) in [5.41, 5.74) is 0.717. The minimum Gasteiger partial charge on any atom is -0.481 e. The van der Waals surface area contributed by atoms with Crippen molar-refractivity contribution >= 4 is 21.9 Å². The van der Waals surface area contributed by atoms with Crippen LogP contribution in [0.1, 0.15) is 44.1 Å². The molecule has 1 aromatic rings. The number of alkyl halides is 1. The summed E-state index contributed by atoms with van der Waals surface area (Å²) in [5.74, 6) is 0.508. The van der Waals surface area contributed by atoms with Crippen LogP contribution in [-0.2, 0) is 10.2 Å². The number of aliphatic carboxylic acids is 1. The Kier molecular flexibility index (Phi) is 3.20. The molecule has 4 bridgehead atoms. The molecule has 4 aliphatic rings. The minimum atomic E-state index is -0.736. The molecule has 4 aliphatic carbocycles. The van der Waals surface area contributed by atoms with Crippen molar-refractivity contribution in [2.45, 2.75) is 48.3 Å². The van der Waals surface area contributed by atoms with Crippen LogP contribution in [0.25, 0.3) is 0 Å². The van der Waals surface area contributed by atoms with E-state index in [1.54, 1.807) is 0 Å². The normalized spacial score (nSPS) is 42.5. The third-order valence-electron chi connectivity index (χ3n) is 6.40. The molecule has 1 aromatic carbocycles. The largest absolute Gasteiger partial charge is 0.481 e. The molecule has 0 radical (unpaired) electrons. The van der Waals surface area contributed by atoms with Gasteiger partial charge in [0, 0.05) is 9.74 Å². The Bertz CT molecular complexity index is 596. The highest BCUT2D eigenvalue weighted by Crippen LogP contribution is 2.67. The lowest BCUT2D eigenvalue weighted by atomic mass is 9.43. The molecule has 2 nitrogen and oxygen atoms in total. The van der Waals surface area contributed by atoms with E-state index >= 15 is 0 Å². The first kappa shape index (κ1) is 14.7. The van der Waals surface area contributed by atoms with E-state index in [0.29, 0.717) is 11.8 Å². The van der Waals surface area contributed by atoms with E-state index in [2.05, 4.69) is 15.9 Å². The van der Waals surface area contributed by atoms with Crippen LogP contribution in [0.2, 0.25) is 0 Å². The fraction of sp³-hybridized carbons (Fsp3) is 0.611. The highest BCUT2D eigenvalue weighted by atomic mass is 79.9. The van der Waals surface area contributed by atoms with Gasteiger partial charge in [-0.2, -0.15) is 0 Å². The number of carboxylic acid groups (broad SMARTS) is 1. The number of halogens is 2. The molecule has 1 N–H and O–H groups in total. The number of carbonyl (C=O) groups is 1. The summed E-state index contributed by atoms with van der Waals surface area (Å²) in [4.78, 5) is 11.6. The van der Waals surface area contributed by atoms with Crippen LogP contribution in [-0.4, -0.2) is 15.4 Å². The van der Waals surface area contributed by atoms with Gasteiger partial charge >= 0.3 is 5.97 Å². The van der Waals surface area contributed by atoms with Gasteiger partial charge in [-0.05, 0) is 67.6 Å². The summed E-state index contributed by atoms with van der Waals surface area (Å²) in [6.45, 7) is 0. The van der Waals surface area contributed by atoms with Crippen molar-refractivity contribution < 1.29 is 14.3 Å². The molecule has 0 aromatic heterocycles. The van der Waals surface area contributed by atoms with Gasteiger partial charge in [-0.1, -0.05) is 28.1 Å². The van der Waals surface area contributed by atoms with Crippen molar-refractivity contribution in [1.82, 2.24) is 0 Å². The Labute approximate surface area is 138 Å². The first-order chi connectivity index (χ1) is 10.4. The zero-order chi connectivity index (χ0) is 15.5. The third kappa shape index (κ3) is 2.06. The minimum absolute atomic E-state index is 0.170. The Morgan fingerprint density at radius 2 is 1.77 bits per heavy atom. The van der Waals surface area contributed by atoms with Gasteiger partial charge in [0.1, 0.15) is 5.82 Å². The molecule has 22 heavy (non-hydrogen) atoms. The molecular weight excluding hydrogens is 347 g/mol. The van der Waals surface area contributed by atoms with Crippen LogP contribution in [0.15, 0.2) is 24.3 Å². The van der Waals surface area contributed by atoms with E-state index in [1.807, 2.05) is 12.1 Å². The molecule has 5 rings (SSSR count). The molecule has 0 spiro atoms. The van der Waals surface area contributed by atoms with E-state index in [1.165, 1.54) is 18.6 Å². The summed E-state index contributed by atoms with van der Waals surface area (Å²) < 4.78 is 13.6. The maximum atomic E-state index is 13.3. The lowest BCUT2D eigenvalue weighted by molar-refractivity contribution is -0.144. The highest BCUT2D eigenvalue weighted by Gasteiger charge is 2.62. The molecular formula is C18H20BrFO2. The van der Waals surface area contributed by atoms with Crippen LogP contribution in [0.5, 0.6) is 0 Å². The molecule has 4 heteroatoms. The van der Waals surface area contributed by atoms with Crippen molar-refractivity contribution in [2.75, 3.05) is 0 Å². The smallest absolute Gasteiger partial charge is 0.304 e. The van der Waals surface area contributed by atoms with Crippen LogP contribution in [0, 0.1) is 23.6 Å². The molecule has 0 aliphatic heterocycles. The Balaban J connectivity index is 1.82. The maximum absolute atomic E-state index is 13.3. The van der Waals surface area contributed by atoms with E-state index in [4.69, 9.17) is 0 Å². The van der Waals surface area contributed by atoms with E-state index in [9.17, 15) is 14.3 Å². The molecule has 2 atom stereocenters. The molecule has 118 valence electrons. The zero-order valence-corrected chi connectivity index (χ0v) is 14.0. The fourth-order valence-corrected chi connectivity index (χ4v) is 7.12. The van der Waals surface area contributed by atoms with Crippen molar-refractivity contribution in [3.05, 3.63) is 35.6 Å². The first-order valence-electron chi connectivity index (χ1n) is 8.08. The van der Waals surface area contributed by atoms with Crippen molar-refractivity contribution in [1.29, 1.82) is 0 Å². The summed E-state index contributed by atoms with van der Waals surface area (Å²) in [5, 5.41) is 9.56. The number of carboxylic acids is 1. The van der Waals surface area contributed by atoms with Crippen molar-refractivity contribution in [3.63, 3.8) is 0 Å². The topological polar surface area (TPSA) is 37.3 Å². The predicted octanol–water partition coefficient (Wildman–Crippen LogP) is 4.51. The lowest BCUT2D eigenvalue weighted by Crippen LogP contribution is -2.60. The van der Waals surface area contributed by atoms with Gasteiger partial charge in [-0.15, -0.1) is 0 Å². The highest BCUT2D eigenvalue weighted by molar-refractivity contribution is 9.10. The number of hydrogen-bond donors (Lipinski definition) is 1. The van der Waals surface area contributed by atoms with Crippen LogP contribution in [0.3, 0.4) is 0 Å². The summed E-state index contributed by atoms with van der Waals surface area (Å²) >= 11 is 3.95. The van der Waals surface area contributed by atoms with Crippen LogP contribution >= 0.6 is 15.9 Å². The van der Waals surface area contributed by atoms with Gasteiger partial charge in [-0.25, -0.2) is 4.39 Å². The Morgan fingerprint density at radius 1 is 1.18 bits per heavy atom. The van der Waals surface area contributed by atoms with Gasteiger partial charge in [-0.3, -0.25) is 4.79 Å². The fourth-order valence-electron chi connectivity index (χ4n) is 5.88. The SMILES string of the molecule is O=C(O)C[C@]1(c2ccc(F)cc2)C2CC3CC1C[C@@](Br)(C3)C2. The second-order valence-corrected chi connectivity index (χ2v) is 9.29. The third-order valence-corrected chi connectivity index (χ3v) is 7.37. The Hall–Kier alpha value is -0.900. The van der Waals surface area contributed by atoms with Crippen LogP contribution < -0.4 is 0 Å². The molecule has 0 heterocycles. The van der Waals surface area contributed by atoms with Crippen molar-refractivity contribution in [2.24, 2.45) is 17.8 Å². The van der Waals surface area contributed by atoms with Crippen LogP contribution in [0.4, 0.5) is 4.39 Å². The van der Waals surface area contributed by atoms with E-state index in [0.717, 1.165) is 37.2 Å². The quantitative estimate of drug-likeness (QED) is 0.798. The predicted molar refractivity (Wildman–Crippen MR) is 85.5 cm³/mol.